The topological polar surface area (TPSA) is 42.0 Å². The van der Waals surface area contributed by atoms with Gasteiger partial charge in [0.05, 0.1) is 15.6 Å². The lowest BCUT2D eigenvalue weighted by atomic mass is 10.1. The van der Waals surface area contributed by atoms with Gasteiger partial charge in [-0.2, -0.15) is 0 Å². The van der Waals surface area contributed by atoms with E-state index in [-0.39, 0.29) is 5.91 Å². The Balaban J connectivity index is 1.67. The van der Waals surface area contributed by atoms with Gasteiger partial charge in [0.1, 0.15) is 0 Å². The predicted molar refractivity (Wildman–Crippen MR) is 103 cm³/mol. The first-order valence-electron chi connectivity index (χ1n) is 7.59. The Hall–Kier alpha value is -1.69. The molecule has 1 N–H and O–H groups in total. The number of hydrogen-bond donors (Lipinski definition) is 1. The van der Waals surface area contributed by atoms with Crippen LogP contribution in [0.25, 0.3) is 10.6 Å². The lowest BCUT2D eigenvalue weighted by Crippen LogP contribution is -2.13. The summed E-state index contributed by atoms with van der Waals surface area (Å²) >= 11 is 9.28. The van der Waals surface area contributed by atoms with Crippen LogP contribution in [0.5, 0.6) is 0 Å². The minimum atomic E-state index is 0.00334. The molecule has 6 heteroatoms. The van der Waals surface area contributed by atoms with Gasteiger partial charge in [0, 0.05) is 22.0 Å². The number of anilines is 1. The SMILES string of the molecule is Cc1nc(-c2cccs2)c(CCC(=O)Nc2ccc(Cl)cc2C)s1. The Morgan fingerprint density at radius 2 is 2.12 bits per heavy atom. The molecule has 0 spiro atoms. The van der Waals surface area contributed by atoms with Crippen LogP contribution in [0.4, 0.5) is 5.69 Å². The summed E-state index contributed by atoms with van der Waals surface area (Å²) in [5.74, 6) is 0.00334. The summed E-state index contributed by atoms with van der Waals surface area (Å²) in [6.07, 6.45) is 1.12. The minimum Gasteiger partial charge on any atom is -0.326 e. The van der Waals surface area contributed by atoms with Gasteiger partial charge in [-0.3, -0.25) is 4.79 Å². The lowest BCUT2D eigenvalue weighted by Gasteiger charge is -2.08. The second-order valence-electron chi connectivity index (χ2n) is 5.49. The number of benzene rings is 1. The second-order valence-corrected chi connectivity index (χ2v) is 8.16. The summed E-state index contributed by atoms with van der Waals surface area (Å²) in [5, 5.41) is 6.71. The smallest absolute Gasteiger partial charge is 0.224 e. The molecule has 124 valence electrons. The quantitative estimate of drug-likeness (QED) is 0.619. The molecule has 1 amide bonds. The normalized spacial score (nSPS) is 10.8. The fourth-order valence-corrected chi connectivity index (χ4v) is 4.43. The van der Waals surface area contributed by atoms with Gasteiger partial charge in [-0.1, -0.05) is 17.7 Å². The number of carbonyl (C=O) groups excluding carboxylic acids is 1. The Morgan fingerprint density at radius 3 is 2.83 bits per heavy atom. The van der Waals surface area contributed by atoms with Crippen LogP contribution < -0.4 is 5.32 Å². The van der Waals surface area contributed by atoms with Gasteiger partial charge in [-0.15, -0.1) is 22.7 Å². The fraction of sp³-hybridized carbons (Fsp3) is 0.222. The van der Waals surface area contributed by atoms with Crippen molar-refractivity contribution in [1.82, 2.24) is 4.98 Å². The van der Waals surface area contributed by atoms with E-state index in [0.717, 1.165) is 31.7 Å². The molecule has 0 unspecified atom stereocenters. The van der Waals surface area contributed by atoms with Crippen LogP contribution in [-0.2, 0) is 11.2 Å². The molecule has 0 atom stereocenters. The number of carbonyl (C=O) groups is 1. The molecule has 0 radical (unpaired) electrons. The number of hydrogen-bond acceptors (Lipinski definition) is 4. The average molecular weight is 377 g/mol. The van der Waals surface area contributed by atoms with Crippen molar-refractivity contribution < 1.29 is 4.79 Å². The van der Waals surface area contributed by atoms with E-state index >= 15 is 0 Å². The van der Waals surface area contributed by atoms with Crippen LogP contribution in [0.3, 0.4) is 0 Å². The number of halogens is 1. The van der Waals surface area contributed by atoms with Gasteiger partial charge >= 0.3 is 0 Å². The summed E-state index contributed by atoms with van der Waals surface area (Å²) in [5.41, 5.74) is 2.79. The Labute approximate surface area is 154 Å². The van der Waals surface area contributed by atoms with Crippen molar-refractivity contribution in [2.24, 2.45) is 0 Å². The standard InChI is InChI=1S/C18H17ClN2OS2/c1-11-10-13(19)5-6-14(11)21-17(22)8-7-16-18(20-12(2)24-16)15-4-3-9-23-15/h3-6,9-10H,7-8H2,1-2H3,(H,21,22). The molecular weight excluding hydrogens is 360 g/mol. The van der Waals surface area contributed by atoms with Crippen molar-refractivity contribution in [3.8, 4) is 10.6 Å². The van der Waals surface area contributed by atoms with Crippen molar-refractivity contribution in [1.29, 1.82) is 0 Å². The molecule has 0 aliphatic carbocycles. The van der Waals surface area contributed by atoms with Gasteiger partial charge in [-0.05, 0) is 55.5 Å². The van der Waals surface area contributed by atoms with Gasteiger partial charge in [0.15, 0.2) is 0 Å². The van der Waals surface area contributed by atoms with Crippen LogP contribution in [0, 0.1) is 13.8 Å². The summed E-state index contributed by atoms with van der Waals surface area (Å²) in [6, 6.07) is 9.56. The van der Waals surface area contributed by atoms with E-state index in [2.05, 4.69) is 16.4 Å². The van der Waals surface area contributed by atoms with E-state index in [0.29, 0.717) is 17.9 Å². The zero-order valence-corrected chi connectivity index (χ0v) is 15.8. The summed E-state index contributed by atoms with van der Waals surface area (Å²) in [4.78, 5) is 19.2. The number of rotatable bonds is 5. The van der Waals surface area contributed by atoms with Gasteiger partial charge < -0.3 is 5.32 Å². The highest BCUT2D eigenvalue weighted by molar-refractivity contribution is 7.15. The van der Waals surface area contributed by atoms with Crippen LogP contribution in [-0.4, -0.2) is 10.9 Å². The number of thiazole rings is 1. The molecule has 1 aromatic carbocycles. The molecule has 0 saturated heterocycles. The molecule has 2 aromatic heterocycles. The molecule has 0 bridgehead atoms. The maximum atomic E-state index is 12.3. The molecule has 0 aliphatic rings. The monoisotopic (exact) mass is 376 g/mol. The Bertz CT molecular complexity index is 856. The highest BCUT2D eigenvalue weighted by Gasteiger charge is 2.14. The van der Waals surface area contributed by atoms with Crippen molar-refractivity contribution in [3.63, 3.8) is 0 Å². The Morgan fingerprint density at radius 1 is 1.29 bits per heavy atom. The number of aryl methyl sites for hydroxylation is 3. The number of amides is 1. The first-order chi connectivity index (χ1) is 11.5. The maximum Gasteiger partial charge on any atom is 0.224 e. The molecule has 3 nitrogen and oxygen atoms in total. The number of nitrogens with zero attached hydrogens (tertiary/aromatic N) is 1. The van der Waals surface area contributed by atoms with E-state index < -0.39 is 0 Å². The summed E-state index contributed by atoms with van der Waals surface area (Å²) in [7, 11) is 0. The average Bonchev–Trinajstić information content (AvgIpc) is 3.17. The molecule has 2 heterocycles. The van der Waals surface area contributed by atoms with Crippen LogP contribution in [0.1, 0.15) is 21.9 Å². The zero-order valence-electron chi connectivity index (χ0n) is 13.4. The number of aromatic nitrogens is 1. The van der Waals surface area contributed by atoms with Crippen LogP contribution >= 0.6 is 34.3 Å². The van der Waals surface area contributed by atoms with Gasteiger partial charge in [0.2, 0.25) is 5.91 Å². The van der Waals surface area contributed by atoms with Gasteiger partial charge in [-0.25, -0.2) is 4.98 Å². The highest BCUT2D eigenvalue weighted by atomic mass is 35.5. The first-order valence-corrected chi connectivity index (χ1v) is 9.66. The third kappa shape index (κ3) is 4.04. The maximum absolute atomic E-state index is 12.3. The first kappa shape index (κ1) is 17.1. The molecule has 3 aromatic rings. The second kappa shape index (κ2) is 7.47. The summed E-state index contributed by atoms with van der Waals surface area (Å²) in [6.45, 7) is 3.94. The Kier molecular flexibility index (Phi) is 5.33. The van der Waals surface area contributed by atoms with E-state index in [4.69, 9.17) is 11.6 Å². The lowest BCUT2D eigenvalue weighted by molar-refractivity contribution is -0.116. The third-order valence-electron chi connectivity index (χ3n) is 3.60. The van der Waals surface area contributed by atoms with Crippen molar-refractivity contribution in [3.05, 3.63) is 56.2 Å². The van der Waals surface area contributed by atoms with E-state index in [1.807, 2.05) is 37.4 Å². The van der Waals surface area contributed by atoms with Crippen molar-refractivity contribution >= 4 is 45.9 Å². The molecule has 24 heavy (non-hydrogen) atoms. The van der Waals surface area contributed by atoms with Crippen molar-refractivity contribution in [2.75, 3.05) is 5.32 Å². The summed E-state index contributed by atoms with van der Waals surface area (Å²) < 4.78 is 0. The van der Waals surface area contributed by atoms with Crippen molar-refractivity contribution in [2.45, 2.75) is 26.7 Å². The number of nitrogens with one attached hydrogen (secondary N) is 1. The number of thiophene rings is 1. The van der Waals surface area contributed by atoms with Gasteiger partial charge in [0.25, 0.3) is 0 Å². The molecule has 0 fully saturated rings. The van der Waals surface area contributed by atoms with E-state index in [1.165, 1.54) is 0 Å². The molecule has 3 rings (SSSR count). The van der Waals surface area contributed by atoms with E-state index in [9.17, 15) is 4.79 Å². The fourth-order valence-electron chi connectivity index (χ4n) is 2.45. The largest absolute Gasteiger partial charge is 0.326 e. The molecule has 0 saturated carbocycles. The minimum absolute atomic E-state index is 0.00334. The zero-order chi connectivity index (χ0) is 17.1. The third-order valence-corrected chi connectivity index (χ3v) is 5.74. The van der Waals surface area contributed by atoms with Crippen LogP contribution in [0.15, 0.2) is 35.7 Å². The molecular formula is C18H17ClN2OS2. The highest BCUT2D eigenvalue weighted by Crippen LogP contribution is 2.32. The predicted octanol–water partition coefficient (Wildman–Crippen LogP) is 5.71. The van der Waals surface area contributed by atoms with Crippen LogP contribution in [0.2, 0.25) is 5.02 Å². The van der Waals surface area contributed by atoms with E-state index in [1.54, 1.807) is 28.7 Å². The molecule has 0 aliphatic heterocycles.